The van der Waals surface area contributed by atoms with Crippen LogP contribution in [0.4, 0.5) is 10.2 Å². The number of nitrogens with one attached hydrogen (secondary N) is 1. The number of benzene rings is 1. The van der Waals surface area contributed by atoms with Gasteiger partial charge >= 0.3 is 0 Å². The molecule has 3 rings (SSSR count). The molecule has 2 heterocycles. The number of halogens is 2. The molecule has 100 valence electrons. The summed E-state index contributed by atoms with van der Waals surface area (Å²) in [6, 6.07) is 8.72. The molecule has 3 aromatic rings. The predicted octanol–water partition coefficient (Wildman–Crippen LogP) is 3.62. The molecule has 20 heavy (non-hydrogen) atoms. The van der Waals surface area contributed by atoms with Gasteiger partial charge in [-0.15, -0.1) is 0 Å². The Morgan fingerprint density at radius 2 is 2.05 bits per heavy atom. The Kier molecular flexibility index (Phi) is 3.23. The maximum atomic E-state index is 14.2. The van der Waals surface area contributed by atoms with Crippen molar-refractivity contribution in [3.63, 3.8) is 0 Å². The third-order valence-corrected chi connectivity index (χ3v) is 3.58. The van der Waals surface area contributed by atoms with Crippen LogP contribution < -0.4 is 5.73 Å². The number of aromatic amines is 1. The minimum atomic E-state index is -0.360. The fourth-order valence-electron chi connectivity index (χ4n) is 2.05. The van der Waals surface area contributed by atoms with Crippen molar-refractivity contribution < 1.29 is 4.39 Å². The van der Waals surface area contributed by atoms with Gasteiger partial charge < -0.3 is 5.73 Å². The molecule has 0 saturated heterocycles. The highest BCUT2D eigenvalue weighted by atomic mass is 79.9. The molecule has 0 fully saturated rings. The Balaban J connectivity index is 2.24. The predicted molar refractivity (Wildman–Crippen MR) is 79.3 cm³/mol. The average molecular weight is 333 g/mol. The number of pyridine rings is 1. The second-order valence-electron chi connectivity index (χ2n) is 4.20. The smallest absolute Gasteiger partial charge is 0.153 e. The van der Waals surface area contributed by atoms with Crippen LogP contribution in [-0.4, -0.2) is 15.2 Å². The largest absolute Gasteiger partial charge is 0.382 e. The highest BCUT2D eigenvalue weighted by molar-refractivity contribution is 9.10. The number of nitrogen functional groups attached to an aromatic ring is 1. The molecular formula is C14H10BrFN4. The van der Waals surface area contributed by atoms with Gasteiger partial charge in [-0.3, -0.25) is 10.1 Å². The third-order valence-electron chi connectivity index (χ3n) is 2.97. The van der Waals surface area contributed by atoms with Crippen molar-refractivity contribution in [2.24, 2.45) is 0 Å². The Morgan fingerprint density at radius 3 is 2.80 bits per heavy atom. The molecular weight excluding hydrogens is 323 g/mol. The van der Waals surface area contributed by atoms with Crippen molar-refractivity contribution in [2.75, 3.05) is 5.73 Å². The first kappa shape index (κ1) is 12.8. The zero-order valence-corrected chi connectivity index (χ0v) is 11.9. The molecule has 0 radical (unpaired) electrons. The summed E-state index contributed by atoms with van der Waals surface area (Å²) in [4.78, 5) is 4.06. The maximum Gasteiger partial charge on any atom is 0.153 e. The van der Waals surface area contributed by atoms with Crippen molar-refractivity contribution in [2.45, 2.75) is 0 Å². The number of nitrogens with two attached hydrogens (primary N) is 1. The summed E-state index contributed by atoms with van der Waals surface area (Å²) in [6.07, 6.45) is 3.33. The molecule has 0 saturated carbocycles. The van der Waals surface area contributed by atoms with Crippen LogP contribution in [0.5, 0.6) is 0 Å². The summed E-state index contributed by atoms with van der Waals surface area (Å²) in [5.41, 5.74) is 8.27. The van der Waals surface area contributed by atoms with Crippen molar-refractivity contribution >= 4 is 21.7 Å². The monoisotopic (exact) mass is 332 g/mol. The van der Waals surface area contributed by atoms with Crippen LogP contribution in [0, 0.1) is 5.82 Å². The van der Waals surface area contributed by atoms with Crippen LogP contribution in [0.15, 0.2) is 47.2 Å². The Hall–Kier alpha value is -2.21. The zero-order chi connectivity index (χ0) is 14.1. The van der Waals surface area contributed by atoms with E-state index in [0.29, 0.717) is 27.1 Å². The number of hydrogen-bond acceptors (Lipinski definition) is 3. The summed E-state index contributed by atoms with van der Waals surface area (Å²) >= 11 is 3.18. The molecule has 0 atom stereocenters. The molecule has 4 nitrogen and oxygen atoms in total. The Bertz CT molecular complexity index is 755. The summed E-state index contributed by atoms with van der Waals surface area (Å²) in [6.45, 7) is 0. The van der Waals surface area contributed by atoms with E-state index in [0.717, 1.165) is 5.56 Å². The Morgan fingerprint density at radius 1 is 1.20 bits per heavy atom. The van der Waals surface area contributed by atoms with Crippen LogP contribution in [-0.2, 0) is 0 Å². The van der Waals surface area contributed by atoms with Crippen molar-refractivity contribution in [1.82, 2.24) is 15.2 Å². The summed E-state index contributed by atoms with van der Waals surface area (Å²) < 4.78 is 14.6. The summed E-state index contributed by atoms with van der Waals surface area (Å²) in [5, 5.41) is 6.78. The molecule has 3 N–H and O–H groups in total. The summed E-state index contributed by atoms with van der Waals surface area (Å²) in [5.74, 6) is -0.0475. The average Bonchev–Trinajstić information content (AvgIpc) is 2.84. The number of rotatable bonds is 2. The SMILES string of the molecule is Nc1n[nH]c(-c2cccc(Br)c2F)c1-c1cccnc1. The van der Waals surface area contributed by atoms with Gasteiger partial charge in [-0.2, -0.15) is 5.10 Å². The number of H-pyrrole nitrogens is 1. The lowest BCUT2D eigenvalue weighted by Crippen LogP contribution is -1.91. The van der Waals surface area contributed by atoms with Crippen LogP contribution in [0.3, 0.4) is 0 Å². The van der Waals surface area contributed by atoms with E-state index in [4.69, 9.17) is 5.73 Å². The lowest BCUT2D eigenvalue weighted by Gasteiger charge is -2.06. The highest BCUT2D eigenvalue weighted by Gasteiger charge is 2.18. The van der Waals surface area contributed by atoms with Crippen LogP contribution in [0.2, 0.25) is 0 Å². The third kappa shape index (κ3) is 2.08. The van der Waals surface area contributed by atoms with Crippen LogP contribution in [0.1, 0.15) is 0 Å². The number of hydrogen-bond donors (Lipinski definition) is 2. The van der Waals surface area contributed by atoms with Gasteiger partial charge in [-0.25, -0.2) is 4.39 Å². The van der Waals surface area contributed by atoms with E-state index in [1.165, 1.54) is 0 Å². The van der Waals surface area contributed by atoms with E-state index in [-0.39, 0.29) is 5.82 Å². The molecule has 2 aromatic heterocycles. The van der Waals surface area contributed by atoms with Gasteiger partial charge in [0.15, 0.2) is 5.82 Å². The van der Waals surface area contributed by atoms with E-state index in [1.807, 2.05) is 6.07 Å². The quantitative estimate of drug-likeness (QED) is 0.753. The lowest BCUT2D eigenvalue weighted by atomic mass is 10.0. The van der Waals surface area contributed by atoms with Crippen LogP contribution in [0.25, 0.3) is 22.4 Å². The molecule has 6 heteroatoms. The van der Waals surface area contributed by atoms with Gasteiger partial charge in [0, 0.05) is 23.5 Å². The van der Waals surface area contributed by atoms with Gasteiger partial charge in [-0.05, 0) is 34.1 Å². The summed E-state index contributed by atoms with van der Waals surface area (Å²) in [7, 11) is 0. The van der Waals surface area contributed by atoms with E-state index >= 15 is 0 Å². The minimum absolute atomic E-state index is 0.312. The molecule has 0 spiro atoms. The second kappa shape index (κ2) is 5.05. The standard InChI is InChI=1S/C14H10BrFN4/c15-10-5-1-4-9(12(10)16)13-11(14(17)20-19-13)8-3-2-6-18-7-8/h1-7H,(H3,17,19,20). The minimum Gasteiger partial charge on any atom is -0.382 e. The van der Waals surface area contributed by atoms with E-state index in [2.05, 4.69) is 31.1 Å². The molecule has 0 aliphatic rings. The number of nitrogens with zero attached hydrogens (tertiary/aromatic N) is 2. The second-order valence-corrected chi connectivity index (χ2v) is 5.06. The molecule has 0 aliphatic heterocycles. The molecule has 0 bridgehead atoms. The first-order valence-electron chi connectivity index (χ1n) is 5.87. The molecule has 0 amide bonds. The first-order chi connectivity index (χ1) is 9.68. The van der Waals surface area contributed by atoms with Gasteiger partial charge in [0.25, 0.3) is 0 Å². The Labute approximate surface area is 123 Å². The van der Waals surface area contributed by atoms with Crippen molar-refractivity contribution in [3.05, 3.63) is 53.0 Å². The zero-order valence-electron chi connectivity index (χ0n) is 10.3. The van der Waals surface area contributed by atoms with Crippen molar-refractivity contribution in [1.29, 1.82) is 0 Å². The highest BCUT2D eigenvalue weighted by Crippen LogP contribution is 2.36. The lowest BCUT2D eigenvalue weighted by molar-refractivity contribution is 0.624. The fourth-order valence-corrected chi connectivity index (χ4v) is 2.42. The maximum absolute atomic E-state index is 14.2. The number of anilines is 1. The van der Waals surface area contributed by atoms with E-state index in [9.17, 15) is 4.39 Å². The van der Waals surface area contributed by atoms with Gasteiger partial charge in [0.05, 0.1) is 15.7 Å². The molecule has 0 aliphatic carbocycles. The molecule has 1 aromatic carbocycles. The van der Waals surface area contributed by atoms with Crippen molar-refractivity contribution in [3.8, 4) is 22.4 Å². The normalized spacial score (nSPS) is 10.7. The molecule has 0 unspecified atom stereocenters. The number of aromatic nitrogens is 3. The van der Waals surface area contributed by atoms with Gasteiger partial charge in [-0.1, -0.05) is 12.1 Å². The van der Waals surface area contributed by atoms with E-state index in [1.54, 1.807) is 36.7 Å². The van der Waals surface area contributed by atoms with Gasteiger partial charge in [0.2, 0.25) is 0 Å². The van der Waals surface area contributed by atoms with Crippen LogP contribution >= 0.6 is 15.9 Å². The fraction of sp³-hybridized carbons (Fsp3) is 0. The van der Waals surface area contributed by atoms with Gasteiger partial charge in [0.1, 0.15) is 5.82 Å². The van der Waals surface area contributed by atoms with E-state index < -0.39 is 0 Å². The first-order valence-corrected chi connectivity index (χ1v) is 6.66. The topological polar surface area (TPSA) is 67.6 Å².